The van der Waals surface area contributed by atoms with E-state index in [0.29, 0.717) is 0 Å². The third-order valence-corrected chi connectivity index (χ3v) is 4.12. The molecule has 0 spiro atoms. The number of H-pyrrole nitrogens is 1. The number of rotatable bonds is 2. The van der Waals surface area contributed by atoms with Gasteiger partial charge in [-0.25, -0.2) is 9.97 Å². The molecule has 0 saturated carbocycles. The van der Waals surface area contributed by atoms with Crippen molar-refractivity contribution in [2.75, 3.05) is 5.73 Å². The fourth-order valence-corrected chi connectivity index (χ4v) is 2.85. The third kappa shape index (κ3) is 1.67. The molecule has 5 heteroatoms. The number of pyridine rings is 1. The number of aromatic nitrogens is 3. The van der Waals surface area contributed by atoms with Gasteiger partial charge >= 0.3 is 0 Å². The number of nitrogens with one attached hydrogen (secondary N) is 1. The Morgan fingerprint density at radius 2 is 2.28 bits per heavy atom. The second-order valence-corrected chi connectivity index (χ2v) is 5.42. The van der Waals surface area contributed by atoms with E-state index < -0.39 is 0 Å². The highest BCUT2D eigenvalue weighted by Crippen LogP contribution is 2.33. The third-order valence-electron chi connectivity index (χ3n) is 3.02. The first-order chi connectivity index (χ1) is 8.69. The minimum atomic E-state index is 0.744. The SMILES string of the molecule is CCc1cc(-c2nc3nccc(C)c3[nH]2)c(N)s1. The number of thiophene rings is 1. The minimum absolute atomic E-state index is 0.744. The number of aryl methyl sites for hydroxylation is 2. The fourth-order valence-electron chi connectivity index (χ4n) is 1.98. The summed E-state index contributed by atoms with van der Waals surface area (Å²) in [5, 5.41) is 0.809. The first-order valence-corrected chi connectivity index (χ1v) is 6.70. The molecule has 4 nitrogen and oxygen atoms in total. The normalized spacial score (nSPS) is 11.2. The van der Waals surface area contributed by atoms with Gasteiger partial charge in [-0.05, 0) is 31.0 Å². The van der Waals surface area contributed by atoms with E-state index in [0.717, 1.165) is 39.5 Å². The summed E-state index contributed by atoms with van der Waals surface area (Å²) in [6.07, 6.45) is 2.77. The summed E-state index contributed by atoms with van der Waals surface area (Å²) in [7, 11) is 0. The van der Waals surface area contributed by atoms with Crippen molar-refractivity contribution in [3.05, 3.63) is 28.8 Å². The predicted octanol–water partition coefficient (Wildman–Crippen LogP) is 3.14. The Bertz CT molecular complexity index is 711. The van der Waals surface area contributed by atoms with Crippen LogP contribution >= 0.6 is 11.3 Å². The smallest absolute Gasteiger partial charge is 0.178 e. The minimum Gasteiger partial charge on any atom is -0.390 e. The molecule has 0 aliphatic carbocycles. The van der Waals surface area contributed by atoms with Crippen molar-refractivity contribution in [1.29, 1.82) is 0 Å². The molecule has 3 rings (SSSR count). The largest absolute Gasteiger partial charge is 0.390 e. The summed E-state index contributed by atoms with van der Waals surface area (Å²) in [5.41, 5.74) is 9.90. The van der Waals surface area contributed by atoms with Crippen LogP contribution in [0.4, 0.5) is 5.00 Å². The highest BCUT2D eigenvalue weighted by Gasteiger charge is 2.13. The Balaban J connectivity index is 2.19. The number of nitrogen functional groups attached to an aromatic ring is 1. The van der Waals surface area contributed by atoms with Crippen LogP contribution in [0.3, 0.4) is 0 Å². The van der Waals surface area contributed by atoms with Gasteiger partial charge in [0.25, 0.3) is 0 Å². The number of hydrogen-bond acceptors (Lipinski definition) is 4. The molecule has 0 saturated heterocycles. The van der Waals surface area contributed by atoms with E-state index in [2.05, 4.69) is 27.9 Å². The first-order valence-electron chi connectivity index (χ1n) is 5.89. The van der Waals surface area contributed by atoms with Crippen LogP contribution in [0.5, 0.6) is 0 Å². The quantitative estimate of drug-likeness (QED) is 0.742. The number of aromatic amines is 1. The topological polar surface area (TPSA) is 67.6 Å². The van der Waals surface area contributed by atoms with Gasteiger partial charge in [0, 0.05) is 11.1 Å². The summed E-state index contributed by atoms with van der Waals surface area (Å²) < 4.78 is 0. The summed E-state index contributed by atoms with van der Waals surface area (Å²) in [6.45, 7) is 4.17. The summed E-state index contributed by atoms with van der Waals surface area (Å²) in [4.78, 5) is 13.4. The van der Waals surface area contributed by atoms with Gasteiger partial charge in [-0.3, -0.25) is 0 Å². The molecule has 3 N–H and O–H groups in total. The molecule has 0 atom stereocenters. The number of anilines is 1. The molecule has 0 amide bonds. The van der Waals surface area contributed by atoms with E-state index in [1.807, 2.05) is 13.0 Å². The fraction of sp³-hybridized carbons (Fsp3) is 0.231. The van der Waals surface area contributed by atoms with Gasteiger partial charge in [0.2, 0.25) is 0 Å². The Morgan fingerprint density at radius 1 is 1.44 bits per heavy atom. The average molecular weight is 258 g/mol. The zero-order valence-corrected chi connectivity index (χ0v) is 11.1. The molecule has 3 heterocycles. The zero-order chi connectivity index (χ0) is 12.7. The van der Waals surface area contributed by atoms with Crippen molar-refractivity contribution in [3.63, 3.8) is 0 Å². The molecule has 0 aromatic carbocycles. The van der Waals surface area contributed by atoms with Crippen LogP contribution < -0.4 is 5.73 Å². The molecule has 3 aromatic rings. The maximum Gasteiger partial charge on any atom is 0.178 e. The van der Waals surface area contributed by atoms with E-state index >= 15 is 0 Å². The molecular formula is C13H14N4S. The second-order valence-electron chi connectivity index (χ2n) is 4.26. The van der Waals surface area contributed by atoms with Gasteiger partial charge in [0.1, 0.15) is 5.82 Å². The van der Waals surface area contributed by atoms with Crippen LogP contribution in [0, 0.1) is 6.92 Å². The lowest BCUT2D eigenvalue weighted by molar-refractivity contribution is 1.18. The van der Waals surface area contributed by atoms with Crippen molar-refractivity contribution in [3.8, 4) is 11.4 Å². The van der Waals surface area contributed by atoms with Crippen LogP contribution in [0.1, 0.15) is 17.4 Å². The maximum atomic E-state index is 6.05. The Labute approximate surface area is 109 Å². The van der Waals surface area contributed by atoms with E-state index in [4.69, 9.17) is 5.73 Å². The number of nitrogens with two attached hydrogens (primary N) is 1. The van der Waals surface area contributed by atoms with Gasteiger partial charge in [-0.1, -0.05) is 6.92 Å². The molecule has 18 heavy (non-hydrogen) atoms. The summed E-state index contributed by atoms with van der Waals surface area (Å²) in [6, 6.07) is 4.08. The van der Waals surface area contributed by atoms with Crippen LogP contribution in [0.2, 0.25) is 0 Å². The lowest BCUT2D eigenvalue weighted by Gasteiger charge is -1.93. The van der Waals surface area contributed by atoms with Crippen molar-refractivity contribution < 1.29 is 0 Å². The molecule has 0 aliphatic rings. The van der Waals surface area contributed by atoms with Gasteiger partial charge in [0.05, 0.1) is 16.1 Å². The number of hydrogen-bond donors (Lipinski definition) is 2. The highest BCUT2D eigenvalue weighted by molar-refractivity contribution is 7.16. The molecule has 92 valence electrons. The summed E-state index contributed by atoms with van der Waals surface area (Å²) >= 11 is 1.62. The Kier molecular flexibility index (Phi) is 2.56. The van der Waals surface area contributed by atoms with Crippen LogP contribution in [0.15, 0.2) is 18.3 Å². The van der Waals surface area contributed by atoms with Crippen LogP contribution in [-0.4, -0.2) is 15.0 Å². The van der Waals surface area contributed by atoms with E-state index in [9.17, 15) is 0 Å². The predicted molar refractivity (Wildman–Crippen MR) is 75.7 cm³/mol. The van der Waals surface area contributed by atoms with E-state index in [1.165, 1.54) is 4.88 Å². The molecule has 3 aromatic heterocycles. The van der Waals surface area contributed by atoms with Gasteiger partial charge in [-0.2, -0.15) is 0 Å². The van der Waals surface area contributed by atoms with Crippen molar-refractivity contribution in [2.24, 2.45) is 0 Å². The second kappa shape index (κ2) is 4.10. The molecule has 0 radical (unpaired) electrons. The van der Waals surface area contributed by atoms with E-state index in [1.54, 1.807) is 17.5 Å². The molecule has 0 bridgehead atoms. The van der Waals surface area contributed by atoms with Crippen LogP contribution in [-0.2, 0) is 6.42 Å². The van der Waals surface area contributed by atoms with Gasteiger partial charge in [0.15, 0.2) is 5.65 Å². The molecule has 0 unspecified atom stereocenters. The Morgan fingerprint density at radius 3 is 2.94 bits per heavy atom. The highest BCUT2D eigenvalue weighted by atomic mass is 32.1. The standard InChI is InChI=1S/C13H14N4S/c1-3-8-6-9(11(14)18-8)12-16-10-7(2)4-5-15-13(10)17-12/h4-6H,3,14H2,1-2H3,(H,15,16,17). The maximum absolute atomic E-state index is 6.05. The number of fused-ring (bicyclic) bond motifs is 1. The first kappa shape index (κ1) is 11.2. The lowest BCUT2D eigenvalue weighted by Crippen LogP contribution is -1.84. The lowest BCUT2D eigenvalue weighted by atomic mass is 10.2. The van der Waals surface area contributed by atoms with Crippen molar-refractivity contribution in [1.82, 2.24) is 15.0 Å². The Hall–Kier alpha value is -1.88. The van der Waals surface area contributed by atoms with Gasteiger partial charge < -0.3 is 10.7 Å². The molecule has 0 aliphatic heterocycles. The monoisotopic (exact) mass is 258 g/mol. The average Bonchev–Trinajstić information content (AvgIpc) is 2.93. The van der Waals surface area contributed by atoms with Gasteiger partial charge in [-0.15, -0.1) is 11.3 Å². The van der Waals surface area contributed by atoms with Crippen LogP contribution in [0.25, 0.3) is 22.6 Å². The van der Waals surface area contributed by atoms with Crippen molar-refractivity contribution in [2.45, 2.75) is 20.3 Å². The van der Waals surface area contributed by atoms with E-state index in [-0.39, 0.29) is 0 Å². The zero-order valence-electron chi connectivity index (χ0n) is 10.3. The van der Waals surface area contributed by atoms with Crippen molar-refractivity contribution >= 4 is 27.5 Å². The molecule has 0 fully saturated rings. The summed E-state index contributed by atoms with van der Waals surface area (Å²) in [5.74, 6) is 0.806. The number of nitrogens with zero attached hydrogens (tertiary/aromatic N) is 2. The number of imidazole rings is 1. The molecular weight excluding hydrogens is 244 g/mol.